The van der Waals surface area contributed by atoms with E-state index >= 15 is 0 Å². The topological polar surface area (TPSA) is 49.4 Å². The predicted molar refractivity (Wildman–Crippen MR) is 76.7 cm³/mol. The van der Waals surface area contributed by atoms with Crippen molar-refractivity contribution in [2.45, 2.75) is 71.9 Å². The summed E-state index contributed by atoms with van der Waals surface area (Å²) < 4.78 is 0. The fraction of sp³-hybridized carbons (Fsp3) is 0.867. The summed E-state index contributed by atoms with van der Waals surface area (Å²) >= 11 is 0. The third-order valence-electron chi connectivity index (χ3n) is 4.04. The van der Waals surface area contributed by atoms with E-state index in [1.54, 1.807) is 6.92 Å². The Balaban J connectivity index is 2.71. The van der Waals surface area contributed by atoms with Crippen LogP contribution in [0.25, 0.3) is 0 Å². The standard InChI is InChI=1S/C15H28N2O2/c1-5-7-8-13(6-2)10-17-11(3)9-14(18)16-12(4)15(17)19/h11-13H,5-10H2,1-4H3,(H,16,18). The predicted octanol–water partition coefficient (Wildman–Crippen LogP) is 2.33. The minimum absolute atomic E-state index is 0.00752. The molecule has 0 aromatic rings. The summed E-state index contributed by atoms with van der Waals surface area (Å²) in [6.07, 6.45) is 5.07. The number of amides is 2. The van der Waals surface area contributed by atoms with E-state index in [0.29, 0.717) is 12.3 Å². The van der Waals surface area contributed by atoms with E-state index in [9.17, 15) is 9.59 Å². The van der Waals surface area contributed by atoms with E-state index in [4.69, 9.17) is 0 Å². The van der Waals surface area contributed by atoms with Gasteiger partial charge in [-0.1, -0.05) is 33.1 Å². The number of nitrogens with zero attached hydrogens (tertiary/aromatic N) is 1. The van der Waals surface area contributed by atoms with Crippen LogP contribution in [0.3, 0.4) is 0 Å². The first-order chi connectivity index (χ1) is 8.99. The molecule has 3 unspecified atom stereocenters. The van der Waals surface area contributed by atoms with Gasteiger partial charge in [-0.15, -0.1) is 0 Å². The zero-order valence-electron chi connectivity index (χ0n) is 12.7. The monoisotopic (exact) mass is 268 g/mol. The maximum absolute atomic E-state index is 12.3. The second-order valence-electron chi connectivity index (χ2n) is 5.75. The molecule has 3 atom stereocenters. The van der Waals surface area contributed by atoms with Gasteiger partial charge in [-0.25, -0.2) is 0 Å². The lowest BCUT2D eigenvalue weighted by Crippen LogP contribution is -2.46. The van der Waals surface area contributed by atoms with E-state index in [-0.39, 0.29) is 23.9 Å². The van der Waals surface area contributed by atoms with Crippen LogP contribution in [-0.2, 0) is 9.59 Å². The summed E-state index contributed by atoms with van der Waals surface area (Å²) in [7, 11) is 0. The fourth-order valence-corrected chi connectivity index (χ4v) is 2.67. The molecule has 1 rings (SSSR count). The van der Waals surface area contributed by atoms with Crippen LogP contribution < -0.4 is 5.32 Å². The number of carbonyl (C=O) groups excluding carboxylic acids is 2. The molecule has 19 heavy (non-hydrogen) atoms. The molecule has 1 saturated heterocycles. The molecule has 2 amide bonds. The number of nitrogens with one attached hydrogen (secondary N) is 1. The minimum Gasteiger partial charge on any atom is -0.345 e. The molecule has 1 N–H and O–H groups in total. The highest BCUT2D eigenvalue weighted by molar-refractivity contribution is 5.90. The Bertz CT molecular complexity index is 317. The van der Waals surface area contributed by atoms with E-state index in [2.05, 4.69) is 19.2 Å². The molecular formula is C15H28N2O2. The van der Waals surface area contributed by atoms with Crippen LogP contribution in [0, 0.1) is 5.92 Å². The number of hydrogen-bond acceptors (Lipinski definition) is 2. The van der Waals surface area contributed by atoms with Crippen LogP contribution in [-0.4, -0.2) is 35.3 Å². The molecule has 0 saturated carbocycles. The first-order valence-corrected chi connectivity index (χ1v) is 7.59. The van der Waals surface area contributed by atoms with Gasteiger partial charge in [0.25, 0.3) is 0 Å². The molecular weight excluding hydrogens is 240 g/mol. The molecule has 4 nitrogen and oxygen atoms in total. The van der Waals surface area contributed by atoms with Crippen molar-refractivity contribution in [3.05, 3.63) is 0 Å². The summed E-state index contributed by atoms with van der Waals surface area (Å²) in [5.74, 6) is 0.595. The fourth-order valence-electron chi connectivity index (χ4n) is 2.67. The lowest BCUT2D eigenvalue weighted by molar-refractivity contribution is -0.135. The molecule has 0 radical (unpaired) electrons. The van der Waals surface area contributed by atoms with Crippen LogP contribution in [0.5, 0.6) is 0 Å². The molecule has 0 aromatic heterocycles. The van der Waals surface area contributed by atoms with Crippen LogP contribution in [0.1, 0.15) is 59.8 Å². The Morgan fingerprint density at radius 1 is 1.32 bits per heavy atom. The Morgan fingerprint density at radius 3 is 2.58 bits per heavy atom. The summed E-state index contributed by atoms with van der Waals surface area (Å²) in [6.45, 7) is 8.91. The Labute approximate surface area is 116 Å². The van der Waals surface area contributed by atoms with Crippen LogP contribution >= 0.6 is 0 Å². The zero-order chi connectivity index (χ0) is 14.4. The SMILES string of the molecule is CCCCC(CC)CN1C(=O)C(C)NC(=O)CC1C. The molecule has 0 aliphatic carbocycles. The maximum atomic E-state index is 12.3. The summed E-state index contributed by atoms with van der Waals surface area (Å²) in [4.78, 5) is 25.9. The summed E-state index contributed by atoms with van der Waals surface area (Å²) in [5.41, 5.74) is 0. The number of carbonyl (C=O) groups is 2. The van der Waals surface area contributed by atoms with Crippen LogP contribution in [0.15, 0.2) is 0 Å². The van der Waals surface area contributed by atoms with Gasteiger partial charge in [-0.3, -0.25) is 9.59 Å². The van der Waals surface area contributed by atoms with Crippen molar-refractivity contribution in [3.63, 3.8) is 0 Å². The lowest BCUT2D eigenvalue weighted by atomic mass is 9.97. The van der Waals surface area contributed by atoms with Crippen molar-refractivity contribution >= 4 is 11.8 Å². The highest BCUT2D eigenvalue weighted by atomic mass is 16.2. The van der Waals surface area contributed by atoms with E-state index in [1.165, 1.54) is 19.3 Å². The van der Waals surface area contributed by atoms with Crippen molar-refractivity contribution in [1.29, 1.82) is 0 Å². The Morgan fingerprint density at radius 2 is 2.00 bits per heavy atom. The highest BCUT2D eigenvalue weighted by Gasteiger charge is 2.32. The van der Waals surface area contributed by atoms with Gasteiger partial charge in [-0.05, 0) is 26.2 Å². The van der Waals surface area contributed by atoms with Crippen LogP contribution in [0.2, 0.25) is 0 Å². The molecule has 1 fully saturated rings. The molecule has 0 spiro atoms. The average molecular weight is 268 g/mol. The number of hydrogen-bond donors (Lipinski definition) is 1. The van der Waals surface area contributed by atoms with Crippen molar-refractivity contribution in [1.82, 2.24) is 10.2 Å². The van der Waals surface area contributed by atoms with Gasteiger partial charge in [-0.2, -0.15) is 0 Å². The number of rotatable bonds is 6. The molecule has 0 bridgehead atoms. The minimum atomic E-state index is -0.388. The van der Waals surface area contributed by atoms with E-state index in [0.717, 1.165) is 13.0 Å². The number of unbranched alkanes of at least 4 members (excludes halogenated alkanes) is 1. The molecule has 1 aliphatic heterocycles. The van der Waals surface area contributed by atoms with Gasteiger partial charge < -0.3 is 10.2 Å². The lowest BCUT2D eigenvalue weighted by Gasteiger charge is -2.31. The van der Waals surface area contributed by atoms with Gasteiger partial charge in [0.2, 0.25) is 11.8 Å². The van der Waals surface area contributed by atoms with E-state index in [1.807, 2.05) is 11.8 Å². The first-order valence-electron chi connectivity index (χ1n) is 7.59. The molecule has 4 heteroatoms. The highest BCUT2D eigenvalue weighted by Crippen LogP contribution is 2.19. The van der Waals surface area contributed by atoms with Gasteiger partial charge >= 0.3 is 0 Å². The smallest absolute Gasteiger partial charge is 0.245 e. The third kappa shape index (κ3) is 4.51. The Kier molecular flexibility index (Phi) is 6.32. The summed E-state index contributed by atoms with van der Waals surface area (Å²) in [6, 6.07) is -0.380. The largest absolute Gasteiger partial charge is 0.345 e. The summed E-state index contributed by atoms with van der Waals surface area (Å²) in [5, 5.41) is 2.76. The first kappa shape index (κ1) is 16.0. The van der Waals surface area contributed by atoms with E-state index < -0.39 is 0 Å². The Hall–Kier alpha value is -1.06. The normalized spacial score (nSPS) is 26.0. The van der Waals surface area contributed by atoms with Gasteiger partial charge in [0.05, 0.1) is 0 Å². The molecule has 1 heterocycles. The average Bonchev–Trinajstić information content (AvgIpc) is 2.45. The third-order valence-corrected chi connectivity index (χ3v) is 4.04. The van der Waals surface area contributed by atoms with Gasteiger partial charge in [0.1, 0.15) is 6.04 Å². The van der Waals surface area contributed by atoms with Crippen LogP contribution in [0.4, 0.5) is 0 Å². The van der Waals surface area contributed by atoms with Gasteiger partial charge in [0, 0.05) is 19.0 Å². The maximum Gasteiger partial charge on any atom is 0.245 e. The zero-order valence-corrected chi connectivity index (χ0v) is 12.7. The van der Waals surface area contributed by atoms with Crippen molar-refractivity contribution in [2.24, 2.45) is 5.92 Å². The molecule has 0 aromatic carbocycles. The second kappa shape index (κ2) is 7.51. The molecule has 110 valence electrons. The quantitative estimate of drug-likeness (QED) is 0.803. The van der Waals surface area contributed by atoms with Crippen molar-refractivity contribution in [3.8, 4) is 0 Å². The second-order valence-corrected chi connectivity index (χ2v) is 5.75. The van der Waals surface area contributed by atoms with Crippen molar-refractivity contribution in [2.75, 3.05) is 6.54 Å². The molecule has 1 aliphatic rings. The van der Waals surface area contributed by atoms with Gasteiger partial charge in [0.15, 0.2) is 0 Å². The van der Waals surface area contributed by atoms with Crippen molar-refractivity contribution < 1.29 is 9.59 Å².